The Labute approximate surface area is 152 Å². The number of Topliss-reactive ketones (excluding diaryl/α,β-unsaturated/α-hetero) is 1. The van der Waals surface area contributed by atoms with Crippen LogP contribution in [0.5, 0.6) is 0 Å². The highest BCUT2D eigenvalue weighted by atomic mass is 19.2. The van der Waals surface area contributed by atoms with Gasteiger partial charge in [-0.15, -0.1) is 0 Å². The maximum absolute atomic E-state index is 13.4. The number of ketones is 1. The number of carbonyl (C=O) groups is 2. The summed E-state index contributed by atoms with van der Waals surface area (Å²) in [6.07, 6.45) is 0. The molecule has 0 heterocycles. The number of likely N-dealkylation sites (N-methyl/N-ethyl adjacent to an activating group) is 1. The van der Waals surface area contributed by atoms with Crippen molar-refractivity contribution in [1.29, 1.82) is 0 Å². The van der Waals surface area contributed by atoms with Crippen LogP contribution in [0.2, 0.25) is 0 Å². The largest absolute Gasteiger partial charge is 0.332 e. The van der Waals surface area contributed by atoms with Crippen molar-refractivity contribution in [2.45, 2.75) is 39.2 Å². The molecular formula is C21H23F2NO2. The standard InChI is InChI=1S/C21H23F2NO2/c1-13(15-8-11-17(22)18(23)12-15)24(5)20(26)19(25)14-6-9-16(10-7-14)21(2,3)4/h6-13H,1-5H3. The highest BCUT2D eigenvalue weighted by Gasteiger charge is 2.26. The van der Waals surface area contributed by atoms with Gasteiger partial charge in [0.2, 0.25) is 5.78 Å². The molecular weight excluding hydrogens is 336 g/mol. The molecule has 2 aromatic rings. The molecule has 1 atom stereocenters. The van der Waals surface area contributed by atoms with Gasteiger partial charge in [0.25, 0.3) is 5.91 Å². The van der Waals surface area contributed by atoms with Crippen LogP contribution in [0.1, 0.15) is 55.2 Å². The van der Waals surface area contributed by atoms with E-state index in [-0.39, 0.29) is 5.41 Å². The molecule has 0 aliphatic carbocycles. The number of carbonyl (C=O) groups excluding carboxylic acids is 2. The van der Waals surface area contributed by atoms with Crippen LogP contribution in [0.15, 0.2) is 42.5 Å². The van der Waals surface area contributed by atoms with Crippen molar-refractivity contribution < 1.29 is 18.4 Å². The van der Waals surface area contributed by atoms with E-state index in [0.29, 0.717) is 11.1 Å². The van der Waals surface area contributed by atoms with Crippen molar-refractivity contribution in [2.75, 3.05) is 7.05 Å². The van der Waals surface area contributed by atoms with E-state index in [1.54, 1.807) is 19.1 Å². The Kier molecular flexibility index (Phi) is 5.59. The van der Waals surface area contributed by atoms with Crippen molar-refractivity contribution in [3.63, 3.8) is 0 Å². The van der Waals surface area contributed by atoms with Crippen molar-refractivity contribution in [3.8, 4) is 0 Å². The van der Waals surface area contributed by atoms with Gasteiger partial charge in [-0.25, -0.2) is 8.78 Å². The summed E-state index contributed by atoms with van der Waals surface area (Å²) < 4.78 is 26.5. The zero-order valence-electron chi connectivity index (χ0n) is 15.6. The third kappa shape index (κ3) is 4.15. The number of benzene rings is 2. The van der Waals surface area contributed by atoms with E-state index in [1.807, 2.05) is 12.1 Å². The second-order valence-corrected chi connectivity index (χ2v) is 7.42. The van der Waals surface area contributed by atoms with E-state index >= 15 is 0 Å². The van der Waals surface area contributed by atoms with Crippen LogP contribution in [-0.4, -0.2) is 23.6 Å². The van der Waals surface area contributed by atoms with Crippen LogP contribution in [0, 0.1) is 11.6 Å². The van der Waals surface area contributed by atoms with Crippen molar-refractivity contribution in [2.24, 2.45) is 0 Å². The van der Waals surface area contributed by atoms with E-state index in [2.05, 4.69) is 20.8 Å². The first-order valence-corrected chi connectivity index (χ1v) is 8.39. The summed E-state index contributed by atoms with van der Waals surface area (Å²) in [6, 6.07) is 9.80. The first-order valence-electron chi connectivity index (χ1n) is 8.39. The van der Waals surface area contributed by atoms with E-state index < -0.39 is 29.4 Å². The molecule has 0 N–H and O–H groups in total. The summed E-state index contributed by atoms with van der Waals surface area (Å²) in [5.41, 5.74) is 1.72. The SMILES string of the molecule is CC(c1ccc(F)c(F)c1)N(C)C(=O)C(=O)c1ccc(C(C)(C)C)cc1. The predicted molar refractivity (Wildman–Crippen MR) is 97.0 cm³/mol. The summed E-state index contributed by atoms with van der Waals surface area (Å²) in [6.45, 7) is 7.84. The fraction of sp³-hybridized carbons (Fsp3) is 0.333. The molecule has 138 valence electrons. The first kappa shape index (κ1) is 19.8. The van der Waals surface area contributed by atoms with Crippen LogP contribution < -0.4 is 0 Å². The van der Waals surface area contributed by atoms with Crippen molar-refractivity contribution in [3.05, 3.63) is 70.8 Å². The molecule has 0 saturated carbocycles. The Morgan fingerprint density at radius 3 is 2.04 bits per heavy atom. The Hall–Kier alpha value is -2.56. The fourth-order valence-electron chi connectivity index (χ4n) is 2.58. The quantitative estimate of drug-likeness (QED) is 0.588. The predicted octanol–water partition coefficient (Wildman–Crippen LogP) is 4.66. The Morgan fingerprint density at radius 1 is 0.962 bits per heavy atom. The smallest absolute Gasteiger partial charge is 0.295 e. The lowest BCUT2D eigenvalue weighted by molar-refractivity contribution is -0.127. The van der Waals surface area contributed by atoms with Crippen LogP contribution in [0.3, 0.4) is 0 Å². The Bertz CT molecular complexity index is 823. The number of hydrogen-bond donors (Lipinski definition) is 0. The lowest BCUT2D eigenvalue weighted by Gasteiger charge is -2.25. The molecule has 5 heteroatoms. The number of halogens is 2. The third-order valence-corrected chi connectivity index (χ3v) is 4.53. The highest BCUT2D eigenvalue weighted by Crippen LogP contribution is 2.24. The zero-order valence-corrected chi connectivity index (χ0v) is 15.6. The van der Waals surface area contributed by atoms with Crippen molar-refractivity contribution in [1.82, 2.24) is 4.90 Å². The van der Waals surface area contributed by atoms with Crippen molar-refractivity contribution >= 4 is 11.7 Å². The maximum Gasteiger partial charge on any atom is 0.295 e. The molecule has 0 saturated heterocycles. The Morgan fingerprint density at radius 2 is 1.54 bits per heavy atom. The number of rotatable bonds is 4. The van der Waals surface area contributed by atoms with Gasteiger partial charge in [-0.1, -0.05) is 51.1 Å². The first-order chi connectivity index (χ1) is 12.0. The van der Waals surface area contributed by atoms with Crippen LogP contribution >= 0.6 is 0 Å². The molecule has 0 aliphatic heterocycles. The summed E-state index contributed by atoms with van der Waals surface area (Å²) in [7, 11) is 1.47. The lowest BCUT2D eigenvalue weighted by Crippen LogP contribution is -2.35. The summed E-state index contributed by atoms with van der Waals surface area (Å²) in [5, 5.41) is 0. The summed E-state index contributed by atoms with van der Waals surface area (Å²) in [4.78, 5) is 26.2. The van der Waals surface area contributed by atoms with E-state index in [4.69, 9.17) is 0 Å². The molecule has 0 bridgehead atoms. The molecule has 0 radical (unpaired) electrons. The highest BCUT2D eigenvalue weighted by molar-refractivity contribution is 6.42. The van der Waals surface area contributed by atoms with Crippen LogP contribution in [0.4, 0.5) is 8.78 Å². The van der Waals surface area contributed by atoms with E-state index in [1.165, 1.54) is 18.0 Å². The topological polar surface area (TPSA) is 37.4 Å². The van der Waals surface area contributed by atoms with E-state index in [9.17, 15) is 18.4 Å². The minimum Gasteiger partial charge on any atom is -0.332 e. The monoisotopic (exact) mass is 359 g/mol. The van der Waals surface area contributed by atoms with Gasteiger partial charge in [0, 0.05) is 12.6 Å². The second kappa shape index (κ2) is 7.36. The molecule has 2 aromatic carbocycles. The van der Waals surface area contributed by atoms with Gasteiger partial charge >= 0.3 is 0 Å². The molecule has 1 amide bonds. The summed E-state index contributed by atoms with van der Waals surface area (Å²) >= 11 is 0. The number of amides is 1. The molecule has 26 heavy (non-hydrogen) atoms. The lowest BCUT2D eigenvalue weighted by atomic mass is 9.86. The molecule has 0 aliphatic rings. The normalized spacial score (nSPS) is 12.6. The fourth-order valence-corrected chi connectivity index (χ4v) is 2.58. The average molecular weight is 359 g/mol. The third-order valence-electron chi connectivity index (χ3n) is 4.53. The van der Waals surface area contributed by atoms with E-state index in [0.717, 1.165) is 17.7 Å². The van der Waals surface area contributed by atoms with Gasteiger partial charge in [0.15, 0.2) is 11.6 Å². The minimum atomic E-state index is -0.987. The average Bonchev–Trinajstić information content (AvgIpc) is 2.61. The van der Waals surface area contributed by atoms with Gasteiger partial charge in [-0.05, 0) is 35.6 Å². The minimum absolute atomic E-state index is 0.0520. The second-order valence-electron chi connectivity index (χ2n) is 7.42. The summed E-state index contributed by atoms with van der Waals surface area (Å²) in [5.74, 6) is -3.28. The number of nitrogens with zero attached hydrogens (tertiary/aromatic N) is 1. The van der Waals surface area contributed by atoms with Gasteiger partial charge < -0.3 is 4.90 Å². The van der Waals surface area contributed by atoms with Crippen LogP contribution in [0.25, 0.3) is 0 Å². The Balaban J connectivity index is 2.18. The molecule has 0 fully saturated rings. The van der Waals surface area contributed by atoms with Gasteiger partial charge in [-0.2, -0.15) is 0 Å². The molecule has 0 spiro atoms. The zero-order chi connectivity index (χ0) is 19.6. The van der Waals surface area contributed by atoms with Gasteiger partial charge in [0.1, 0.15) is 0 Å². The molecule has 3 nitrogen and oxygen atoms in total. The van der Waals surface area contributed by atoms with Gasteiger partial charge in [0.05, 0.1) is 6.04 Å². The number of hydrogen-bond acceptors (Lipinski definition) is 2. The molecule has 0 aromatic heterocycles. The maximum atomic E-state index is 13.4. The van der Waals surface area contributed by atoms with Gasteiger partial charge in [-0.3, -0.25) is 9.59 Å². The van der Waals surface area contributed by atoms with Crippen LogP contribution in [-0.2, 0) is 10.2 Å². The molecule has 1 unspecified atom stereocenters. The molecule has 2 rings (SSSR count).